The Morgan fingerprint density at radius 3 is 2.29 bits per heavy atom. The third kappa shape index (κ3) is 7.21. The van der Waals surface area contributed by atoms with Crippen LogP contribution in [0.5, 0.6) is 11.5 Å². The van der Waals surface area contributed by atoms with Gasteiger partial charge in [-0.25, -0.2) is 4.39 Å². The Labute approximate surface area is 210 Å². The van der Waals surface area contributed by atoms with Crippen LogP contribution in [0.4, 0.5) is 15.8 Å². The van der Waals surface area contributed by atoms with Gasteiger partial charge in [-0.3, -0.25) is 9.59 Å². The summed E-state index contributed by atoms with van der Waals surface area (Å²) < 4.78 is 23.9. The Balaban J connectivity index is 1.72. The molecule has 0 bridgehead atoms. The van der Waals surface area contributed by atoms with Gasteiger partial charge in [-0.15, -0.1) is 0 Å². The number of halogens is 3. The predicted molar refractivity (Wildman–Crippen MR) is 132 cm³/mol. The van der Waals surface area contributed by atoms with Gasteiger partial charge < -0.3 is 20.1 Å². The van der Waals surface area contributed by atoms with Crippen molar-refractivity contribution in [3.8, 4) is 17.6 Å². The lowest BCUT2D eigenvalue weighted by Crippen LogP contribution is -2.20. The van der Waals surface area contributed by atoms with E-state index in [2.05, 4.69) is 10.6 Å². The predicted octanol–water partition coefficient (Wildman–Crippen LogP) is 5.70. The third-order valence-electron chi connectivity index (χ3n) is 4.51. The lowest BCUT2D eigenvalue weighted by molar-refractivity contribution is -0.118. The number of nitrogens with zero attached hydrogens (tertiary/aromatic N) is 1. The largest absolute Gasteiger partial charge is 0.493 e. The van der Waals surface area contributed by atoms with Crippen LogP contribution in [-0.4, -0.2) is 25.5 Å². The summed E-state index contributed by atoms with van der Waals surface area (Å²) in [6, 6.07) is 16.5. The van der Waals surface area contributed by atoms with Crippen LogP contribution in [0.1, 0.15) is 5.56 Å². The molecule has 2 amide bonds. The quantitative estimate of drug-likeness (QED) is 0.297. The zero-order valence-corrected chi connectivity index (χ0v) is 19.8. The van der Waals surface area contributed by atoms with Crippen molar-refractivity contribution in [1.29, 1.82) is 5.26 Å². The minimum atomic E-state index is -0.687. The molecule has 2 N–H and O–H groups in total. The van der Waals surface area contributed by atoms with Gasteiger partial charge in [0.25, 0.3) is 11.8 Å². The molecule has 0 atom stereocenters. The van der Waals surface area contributed by atoms with Gasteiger partial charge in [0.1, 0.15) is 17.5 Å². The molecule has 0 saturated carbocycles. The number of carbonyl (C=O) groups excluding carboxylic acids is 2. The zero-order valence-electron chi connectivity index (χ0n) is 18.3. The fourth-order valence-electron chi connectivity index (χ4n) is 2.88. The molecular weight excluding hydrogens is 496 g/mol. The second-order valence-corrected chi connectivity index (χ2v) is 7.85. The van der Waals surface area contributed by atoms with Gasteiger partial charge in [0, 0.05) is 16.4 Å². The van der Waals surface area contributed by atoms with Crippen molar-refractivity contribution in [3.05, 3.63) is 87.7 Å². The van der Waals surface area contributed by atoms with Crippen LogP contribution in [0.2, 0.25) is 10.0 Å². The SMILES string of the molecule is COc1cc(/C=C(\C#N)C(=O)Nc2ccc(F)cc2)cc(Cl)c1OCC(=O)Nc1ccc(Cl)cc1. The molecule has 3 aromatic rings. The Hall–Kier alpha value is -4.06. The van der Waals surface area contributed by atoms with Gasteiger partial charge in [-0.1, -0.05) is 23.2 Å². The van der Waals surface area contributed by atoms with Crippen molar-refractivity contribution in [2.24, 2.45) is 0 Å². The minimum Gasteiger partial charge on any atom is -0.493 e. The summed E-state index contributed by atoms with van der Waals surface area (Å²) in [7, 11) is 1.38. The molecule has 0 radical (unpaired) electrons. The van der Waals surface area contributed by atoms with E-state index in [0.29, 0.717) is 22.0 Å². The molecule has 0 aliphatic rings. The van der Waals surface area contributed by atoms with E-state index in [1.807, 2.05) is 6.07 Å². The third-order valence-corrected chi connectivity index (χ3v) is 5.04. The topological polar surface area (TPSA) is 100 Å². The number of methoxy groups -OCH3 is 1. The monoisotopic (exact) mass is 513 g/mol. The fraction of sp³-hybridized carbons (Fsp3) is 0.0800. The number of nitriles is 1. The molecule has 3 aromatic carbocycles. The summed E-state index contributed by atoms with van der Waals surface area (Å²) in [4.78, 5) is 24.7. The number of carbonyl (C=O) groups is 2. The van der Waals surface area contributed by atoms with Crippen LogP contribution >= 0.6 is 23.2 Å². The highest BCUT2D eigenvalue weighted by Crippen LogP contribution is 2.37. The first-order chi connectivity index (χ1) is 16.8. The second kappa shape index (κ2) is 11.9. The average Bonchev–Trinajstić information content (AvgIpc) is 2.84. The first kappa shape index (κ1) is 25.6. The molecule has 0 saturated heterocycles. The average molecular weight is 514 g/mol. The summed E-state index contributed by atoms with van der Waals surface area (Å²) in [5.74, 6) is -1.26. The van der Waals surface area contributed by atoms with Crippen LogP contribution in [0.3, 0.4) is 0 Å². The van der Waals surface area contributed by atoms with E-state index < -0.39 is 17.6 Å². The molecule has 0 fully saturated rings. The normalized spacial score (nSPS) is 10.8. The van der Waals surface area contributed by atoms with Crippen molar-refractivity contribution in [1.82, 2.24) is 0 Å². The van der Waals surface area contributed by atoms with Gasteiger partial charge in [-0.2, -0.15) is 5.26 Å². The van der Waals surface area contributed by atoms with E-state index in [9.17, 15) is 19.2 Å². The second-order valence-electron chi connectivity index (χ2n) is 7.01. The van der Waals surface area contributed by atoms with Gasteiger partial charge in [0.15, 0.2) is 18.1 Å². The van der Waals surface area contributed by atoms with E-state index in [0.717, 1.165) is 0 Å². The van der Waals surface area contributed by atoms with Crippen molar-refractivity contribution < 1.29 is 23.5 Å². The molecule has 0 aliphatic carbocycles. The van der Waals surface area contributed by atoms with Gasteiger partial charge in [0.2, 0.25) is 0 Å². The Kier molecular flexibility index (Phi) is 8.68. The number of amides is 2. The van der Waals surface area contributed by atoms with Crippen LogP contribution in [-0.2, 0) is 9.59 Å². The highest BCUT2D eigenvalue weighted by atomic mass is 35.5. The van der Waals surface area contributed by atoms with Crippen molar-refractivity contribution in [2.75, 3.05) is 24.4 Å². The Morgan fingerprint density at radius 1 is 1.03 bits per heavy atom. The molecular formula is C25H18Cl2FN3O4. The zero-order chi connectivity index (χ0) is 25.4. The number of hydrogen-bond acceptors (Lipinski definition) is 5. The van der Waals surface area contributed by atoms with Crippen LogP contribution in [0.25, 0.3) is 6.08 Å². The highest BCUT2D eigenvalue weighted by molar-refractivity contribution is 6.32. The van der Waals surface area contributed by atoms with E-state index in [4.69, 9.17) is 32.7 Å². The van der Waals surface area contributed by atoms with Crippen LogP contribution in [0, 0.1) is 17.1 Å². The smallest absolute Gasteiger partial charge is 0.266 e. The van der Waals surface area contributed by atoms with Gasteiger partial charge >= 0.3 is 0 Å². The summed E-state index contributed by atoms with van der Waals surface area (Å²) in [6.07, 6.45) is 1.31. The lowest BCUT2D eigenvalue weighted by Gasteiger charge is -2.13. The standard InChI is InChI=1S/C25H18Cl2FN3O4/c1-34-22-12-15(10-16(13-29)25(33)31-20-8-4-18(28)5-9-20)11-21(27)24(22)35-14-23(32)30-19-6-2-17(26)3-7-19/h2-12H,14H2,1H3,(H,30,32)(H,31,33)/b16-10+. The number of rotatable bonds is 8. The van der Waals surface area contributed by atoms with E-state index in [-0.39, 0.29) is 28.7 Å². The first-order valence-electron chi connectivity index (χ1n) is 10.0. The molecule has 3 rings (SSSR count). The fourth-order valence-corrected chi connectivity index (χ4v) is 3.28. The molecule has 0 aliphatic heterocycles. The molecule has 35 heavy (non-hydrogen) atoms. The summed E-state index contributed by atoms with van der Waals surface area (Å²) >= 11 is 12.2. The molecule has 0 spiro atoms. The van der Waals surface area contributed by atoms with E-state index in [1.165, 1.54) is 49.6 Å². The number of benzene rings is 3. The van der Waals surface area contributed by atoms with Gasteiger partial charge in [0.05, 0.1) is 12.1 Å². The summed E-state index contributed by atoms with van der Waals surface area (Å²) in [5.41, 5.74) is 1.04. The molecule has 0 unspecified atom stereocenters. The van der Waals surface area contributed by atoms with Crippen LogP contribution < -0.4 is 20.1 Å². The van der Waals surface area contributed by atoms with Crippen molar-refractivity contribution in [3.63, 3.8) is 0 Å². The maximum atomic E-state index is 13.1. The molecule has 178 valence electrons. The summed E-state index contributed by atoms with van der Waals surface area (Å²) in [5, 5.41) is 15.2. The number of ether oxygens (including phenoxy) is 2. The molecule has 10 heteroatoms. The van der Waals surface area contributed by atoms with Crippen molar-refractivity contribution >= 4 is 52.5 Å². The van der Waals surface area contributed by atoms with Gasteiger partial charge in [-0.05, 0) is 72.3 Å². The number of anilines is 2. The Bertz CT molecular complexity index is 1300. The highest BCUT2D eigenvalue weighted by Gasteiger charge is 2.16. The minimum absolute atomic E-state index is 0.103. The lowest BCUT2D eigenvalue weighted by atomic mass is 10.1. The molecule has 0 aromatic heterocycles. The van der Waals surface area contributed by atoms with E-state index >= 15 is 0 Å². The maximum Gasteiger partial charge on any atom is 0.266 e. The summed E-state index contributed by atoms with van der Waals surface area (Å²) in [6.45, 7) is -0.350. The van der Waals surface area contributed by atoms with Crippen molar-refractivity contribution in [2.45, 2.75) is 0 Å². The van der Waals surface area contributed by atoms with E-state index in [1.54, 1.807) is 24.3 Å². The molecule has 7 nitrogen and oxygen atoms in total. The Morgan fingerprint density at radius 2 is 1.66 bits per heavy atom. The van der Waals surface area contributed by atoms with Crippen LogP contribution in [0.15, 0.2) is 66.2 Å². The molecule has 0 heterocycles. The maximum absolute atomic E-state index is 13.1. The number of nitrogens with one attached hydrogen (secondary N) is 2. The first-order valence-corrected chi connectivity index (χ1v) is 10.8. The number of hydrogen-bond donors (Lipinski definition) is 2.